The highest BCUT2D eigenvalue weighted by Gasteiger charge is 2.47. The molecule has 1 spiro atoms. The number of nitrogens with zero attached hydrogens (tertiary/aromatic N) is 2. The second-order valence-corrected chi connectivity index (χ2v) is 5.87. The molecule has 0 atom stereocenters. The molecule has 0 bridgehead atoms. The van der Waals surface area contributed by atoms with Gasteiger partial charge in [-0.3, -0.25) is 4.79 Å². The van der Waals surface area contributed by atoms with Gasteiger partial charge in [0.2, 0.25) is 11.8 Å². The van der Waals surface area contributed by atoms with Crippen molar-refractivity contribution in [1.82, 2.24) is 4.98 Å². The third-order valence-electron chi connectivity index (χ3n) is 2.85. The maximum absolute atomic E-state index is 11.9. The monoisotopic (exact) mass is 267 g/mol. The van der Waals surface area contributed by atoms with Crippen molar-refractivity contribution in [2.24, 2.45) is 10.1 Å². The van der Waals surface area contributed by atoms with Gasteiger partial charge in [-0.2, -0.15) is 12.8 Å². The maximum Gasteiger partial charge on any atom is 0.287 e. The van der Waals surface area contributed by atoms with E-state index in [1.54, 1.807) is 0 Å². The molecule has 0 unspecified atom stereocenters. The standard InChI is InChI=1S/C10H9N3O4S/c11-8(14)6-3-7-9(12-4-6)17-10(1-2-10)5-13-18(7,15)16/h3-5H,1-2H2,(H2,11,14). The van der Waals surface area contributed by atoms with E-state index < -0.39 is 21.5 Å². The lowest BCUT2D eigenvalue weighted by Crippen LogP contribution is -2.19. The van der Waals surface area contributed by atoms with E-state index in [1.807, 2.05) is 0 Å². The summed E-state index contributed by atoms with van der Waals surface area (Å²) in [5, 5.41) is 0. The SMILES string of the molecule is NC(=O)c1cnc2c(c1)S(=O)(=O)N=CC1(CC1)O2. The summed E-state index contributed by atoms with van der Waals surface area (Å²) in [5.41, 5.74) is 4.44. The van der Waals surface area contributed by atoms with E-state index in [-0.39, 0.29) is 16.3 Å². The number of carbonyl (C=O) groups is 1. The van der Waals surface area contributed by atoms with Gasteiger partial charge < -0.3 is 10.5 Å². The summed E-state index contributed by atoms with van der Waals surface area (Å²) in [7, 11) is -3.89. The van der Waals surface area contributed by atoms with Crippen molar-refractivity contribution < 1.29 is 17.9 Å². The van der Waals surface area contributed by atoms with Gasteiger partial charge in [-0.05, 0) is 18.9 Å². The zero-order valence-electron chi connectivity index (χ0n) is 9.16. The Hall–Kier alpha value is -1.96. The van der Waals surface area contributed by atoms with E-state index in [1.165, 1.54) is 12.4 Å². The number of sulfonamides is 1. The summed E-state index contributed by atoms with van der Waals surface area (Å²) in [6.45, 7) is 0. The fourth-order valence-corrected chi connectivity index (χ4v) is 2.66. The van der Waals surface area contributed by atoms with E-state index in [2.05, 4.69) is 9.38 Å². The molecule has 18 heavy (non-hydrogen) atoms. The van der Waals surface area contributed by atoms with E-state index in [0.717, 1.165) is 6.07 Å². The first-order valence-electron chi connectivity index (χ1n) is 5.22. The number of nitrogens with two attached hydrogens (primary N) is 1. The number of hydrogen-bond donors (Lipinski definition) is 1. The summed E-state index contributed by atoms with van der Waals surface area (Å²) in [6.07, 6.45) is 3.88. The van der Waals surface area contributed by atoms with Crippen LogP contribution in [0.3, 0.4) is 0 Å². The first-order chi connectivity index (χ1) is 8.42. The molecule has 0 aromatic carbocycles. The molecule has 0 saturated heterocycles. The molecule has 8 heteroatoms. The average Bonchev–Trinajstić information content (AvgIpc) is 3.08. The maximum atomic E-state index is 11.9. The topological polar surface area (TPSA) is 112 Å². The first kappa shape index (κ1) is 11.1. The highest BCUT2D eigenvalue weighted by atomic mass is 32.2. The predicted molar refractivity (Wildman–Crippen MR) is 61.0 cm³/mol. The number of ether oxygens (including phenoxy) is 1. The van der Waals surface area contributed by atoms with Gasteiger partial charge in [0.05, 0.1) is 11.8 Å². The van der Waals surface area contributed by atoms with Crippen LogP contribution >= 0.6 is 0 Å². The van der Waals surface area contributed by atoms with Crippen molar-refractivity contribution in [3.63, 3.8) is 0 Å². The second kappa shape index (κ2) is 3.29. The Morgan fingerprint density at radius 1 is 1.44 bits per heavy atom. The van der Waals surface area contributed by atoms with Crippen LogP contribution in [0.5, 0.6) is 5.88 Å². The van der Waals surface area contributed by atoms with E-state index in [9.17, 15) is 13.2 Å². The number of pyridine rings is 1. The van der Waals surface area contributed by atoms with E-state index >= 15 is 0 Å². The van der Waals surface area contributed by atoms with Gasteiger partial charge in [0.25, 0.3) is 10.0 Å². The van der Waals surface area contributed by atoms with Crippen LogP contribution in [0.15, 0.2) is 21.6 Å². The molecule has 1 amide bonds. The normalized spacial score (nSPS) is 21.8. The minimum atomic E-state index is -3.89. The van der Waals surface area contributed by atoms with Crippen LogP contribution in [-0.4, -0.2) is 31.1 Å². The number of carbonyl (C=O) groups excluding carboxylic acids is 1. The van der Waals surface area contributed by atoms with Crippen molar-refractivity contribution >= 4 is 22.1 Å². The van der Waals surface area contributed by atoms with Gasteiger partial charge >= 0.3 is 0 Å². The van der Waals surface area contributed by atoms with Crippen LogP contribution in [0.4, 0.5) is 0 Å². The zero-order valence-corrected chi connectivity index (χ0v) is 9.98. The van der Waals surface area contributed by atoms with Crippen LogP contribution in [0, 0.1) is 0 Å². The molecule has 1 aliphatic carbocycles. The van der Waals surface area contributed by atoms with Crippen LogP contribution in [0.25, 0.3) is 0 Å². The summed E-state index contributed by atoms with van der Waals surface area (Å²) in [4.78, 5) is 14.7. The summed E-state index contributed by atoms with van der Waals surface area (Å²) in [5.74, 6) is -0.787. The van der Waals surface area contributed by atoms with Gasteiger partial charge in [0.1, 0.15) is 5.60 Å². The fraction of sp³-hybridized carbons (Fsp3) is 0.300. The van der Waals surface area contributed by atoms with Crippen molar-refractivity contribution in [1.29, 1.82) is 0 Å². The van der Waals surface area contributed by atoms with Crippen LogP contribution in [0.1, 0.15) is 23.2 Å². The van der Waals surface area contributed by atoms with Crippen LogP contribution in [0.2, 0.25) is 0 Å². The number of rotatable bonds is 1. The lowest BCUT2D eigenvalue weighted by molar-refractivity contribution is 0.0999. The molecule has 1 saturated carbocycles. The Morgan fingerprint density at radius 2 is 2.17 bits per heavy atom. The first-order valence-corrected chi connectivity index (χ1v) is 6.66. The molecule has 1 aliphatic heterocycles. The Labute approximate surface area is 103 Å². The van der Waals surface area contributed by atoms with Crippen molar-refractivity contribution in [3.8, 4) is 5.88 Å². The van der Waals surface area contributed by atoms with E-state index in [4.69, 9.17) is 10.5 Å². The highest BCUT2D eigenvalue weighted by Crippen LogP contribution is 2.42. The average molecular weight is 267 g/mol. The molecule has 2 heterocycles. The lowest BCUT2D eigenvalue weighted by atomic mass is 10.3. The zero-order chi connectivity index (χ0) is 13.0. The fourth-order valence-electron chi connectivity index (χ4n) is 1.62. The van der Waals surface area contributed by atoms with E-state index in [0.29, 0.717) is 12.8 Å². The molecule has 1 aromatic rings. The molecule has 0 radical (unpaired) electrons. The molecule has 94 valence electrons. The third kappa shape index (κ3) is 1.65. The van der Waals surface area contributed by atoms with Gasteiger partial charge in [-0.25, -0.2) is 4.98 Å². The highest BCUT2D eigenvalue weighted by molar-refractivity contribution is 7.90. The second-order valence-electron chi connectivity index (χ2n) is 4.27. The largest absolute Gasteiger partial charge is 0.464 e. The number of hydrogen-bond acceptors (Lipinski definition) is 5. The summed E-state index contributed by atoms with van der Waals surface area (Å²) < 4.78 is 32.9. The lowest BCUT2D eigenvalue weighted by Gasteiger charge is -2.11. The molecule has 1 aromatic heterocycles. The Morgan fingerprint density at radius 3 is 2.78 bits per heavy atom. The molecule has 3 rings (SSSR count). The molecular formula is C10H9N3O4S. The van der Waals surface area contributed by atoms with Gasteiger partial charge in [0.15, 0.2) is 4.90 Å². The molecule has 1 fully saturated rings. The number of aromatic nitrogens is 1. The van der Waals surface area contributed by atoms with Crippen molar-refractivity contribution in [3.05, 3.63) is 17.8 Å². The Kier molecular flexibility index (Phi) is 2.03. The number of amides is 1. The summed E-state index contributed by atoms with van der Waals surface area (Å²) >= 11 is 0. The molecule has 7 nitrogen and oxygen atoms in total. The van der Waals surface area contributed by atoms with Gasteiger partial charge in [-0.15, -0.1) is 0 Å². The quantitative estimate of drug-likeness (QED) is 0.761. The van der Waals surface area contributed by atoms with Crippen LogP contribution < -0.4 is 10.5 Å². The molecule has 2 aliphatic rings. The Bertz CT molecular complexity index is 676. The molecular weight excluding hydrogens is 258 g/mol. The van der Waals surface area contributed by atoms with Crippen LogP contribution in [-0.2, 0) is 10.0 Å². The van der Waals surface area contributed by atoms with Crippen molar-refractivity contribution in [2.75, 3.05) is 0 Å². The smallest absolute Gasteiger partial charge is 0.287 e. The minimum absolute atomic E-state index is 0.00266. The minimum Gasteiger partial charge on any atom is -0.464 e. The number of fused-ring (bicyclic) bond motifs is 1. The third-order valence-corrected chi connectivity index (χ3v) is 4.08. The number of primary amides is 1. The Balaban J connectivity index is 2.21. The predicted octanol–water partition coefficient (Wildman–Crippen LogP) is -0.135. The molecule has 2 N–H and O–H groups in total. The summed E-state index contributed by atoms with van der Waals surface area (Å²) in [6, 6.07) is 1.14. The van der Waals surface area contributed by atoms with Gasteiger partial charge in [0, 0.05) is 6.20 Å². The van der Waals surface area contributed by atoms with Crippen molar-refractivity contribution in [2.45, 2.75) is 23.3 Å². The van der Waals surface area contributed by atoms with Gasteiger partial charge in [-0.1, -0.05) is 0 Å².